The van der Waals surface area contributed by atoms with E-state index in [2.05, 4.69) is 11.7 Å². The van der Waals surface area contributed by atoms with Crippen molar-refractivity contribution in [2.24, 2.45) is 0 Å². The summed E-state index contributed by atoms with van der Waals surface area (Å²) in [4.78, 5) is 34.6. The van der Waals surface area contributed by atoms with Crippen LogP contribution in [-0.2, 0) is 9.53 Å². The van der Waals surface area contributed by atoms with Crippen LogP contribution < -0.4 is 4.74 Å². The molecule has 0 aromatic heterocycles. The molecule has 5 heteroatoms. The normalized spacial score (nSPS) is 15.7. The van der Waals surface area contributed by atoms with Crippen LogP contribution in [0.15, 0.2) is 18.2 Å². The first-order valence-corrected chi connectivity index (χ1v) is 10.1. The topological polar surface area (TPSA) is 69.7 Å². The van der Waals surface area contributed by atoms with Crippen molar-refractivity contribution in [2.45, 2.75) is 77.2 Å². The first-order chi connectivity index (χ1) is 13.2. The Morgan fingerprint density at radius 1 is 0.852 bits per heavy atom. The zero-order valence-corrected chi connectivity index (χ0v) is 16.2. The van der Waals surface area contributed by atoms with E-state index in [4.69, 9.17) is 4.74 Å². The molecule has 2 rings (SSSR count). The highest BCUT2D eigenvalue weighted by Gasteiger charge is 2.40. The lowest BCUT2D eigenvalue weighted by atomic mass is 10.1. The smallest absolute Gasteiger partial charge is 0.294 e. The van der Waals surface area contributed by atoms with Gasteiger partial charge in [0.1, 0.15) is 5.75 Å². The van der Waals surface area contributed by atoms with E-state index in [0.717, 1.165) is 12.8 Å². The van der Waals surface area contributed by atoms with Crippen LogP contribution >= 0.6 is 0 Å². The monoisotopic (exact) mass is 374 g/mol. The third kappa shape index (κ3) is 6.19. The van der Waals surface area contributed by atoms with E-state index in [-0.39, 0.29) is 17.6 Å². The van der Waals surface area contributed by atoms with Crippen LogP contribution in [0.3, 0.4) is 0 Å². The number of carbonyl (C=O) groups excluding carboxylic acids is 3. The SMILES string of the molecule is CCCCCCCCCCCCOc1ccc2c(c1)C(=O)C(OC=O)C2=O. The second-order valence-corrected chi connectivity index (χ2v) is 7.08. The van der Waals surface area contributed by atoms with Gasteiger partial charge >= 0.3 is 0 Å². The van der Waals surface area contributed by atoms with Crippen LogP contribution in [-0.4, -0.2) is 30.7 Å². The number of ketones is 2. The molecule has 0 aliphatic heterocycles. The Bertz CT molecular complexity index is 638. The third-order valence-corrected chi connectivity index (χ3v) is 4.96. The largest absolute Gasteiger partial charge is 0.494 e. The molecule has 0 spiro atoms. The summed E-state index contributed by atoms with van der Waals surface area (Å²) in [5, 5.41) is 0. The number of ether oxygens (including phenoxy) is 2. The Labute approximate surface area is 161 Å². The second-order valence-electron chi connectivity index (χ2n) is 7.08. The Kier molecular flexibility index (Phi) is 9.02. The molecule has 148 valence electrons. The molecule has 0 bridgehead atoms. The molecule has 1 aliphatic carbocycles. The van der Waals surface area contributed by atoms with Crippen molar-refractivity contribution >= 4 is 18.0 Å². The Morgan fingerprint density at radius 3 is 2.07 bits per heavy atom. The molecule has 1 aliphatic rings. The quantitative estimate of drug-likeness (QED) is 0.263. The van der Waals surface area contributed by atoms with Crippen LogP contribution in [0.25, 0.3) is 0 Å². The average molecular weight is 374 g/mol. The summed E-state index contributed by atoms with van der Waals surface area (Å²) in [7, 11) is 0. The van der Waals surface area contributed by atoms with Gasteiger partial charge in [0.25, 0.3) is 6.47 Å². The molecule has 0 saturated heterocycles. The minimum absolute atomic E-state index is 0.134. The predicted molar refractivity (Wildman–Crippen MR) is 103 cm³/mol. The van der Waals surface area contributed by atoms with Gasteiger partial charge in [-0.25, -0.2) is 0 Å². The number of hydrogen-bond acceptors (Lipinski definition) is 5. The summed E-state index contributed by atoms with van der Waals surface area (Å²) in [6, 6.07) is 4.82. The maximum Gasteiger partial charge on any atom is 0.294 e. The maximum absolute atomic E-state index is 12.1. The number of hydrogen-bond donors (Lipinski definition) is 0. The molecule has 0 radical (unpaired) electrons. The molecule has 1 unspecified atom stereocenters. The van der Waals surface area contributed by atoms with E-state index in [1.54, 1.807) is 18.2 Å². The molecule has 5 nitrogen and oxygen atoms in total. The van der Waals surface area contributed by atoms with Crippen LogP contribution in [0.4, 0.5) is 0 Å². The summed E-state index contributed by atoms with van der Waals surface area (Å²) in [6.45, 7) is 2.96. The van der Waals surface area contributed by atoms with Crippen LogP contribution in [0.1, 0.15) is 91.8 Å². The van der Waals surface area contributed by atoms with E-state index < -0.39 is 17.7 Å². The fraction of sp³-hybridized carbons (Fsp3) is 0.591. The van der Waals surface area contributed by atoms with Gasteiger partial charge < -0.3 is 9.47 Å². The zero-order chi connectivity index (χ0) is 19.5. The minimum atomic E-state index is -1.34. The zero-order valence-electron chi connectivity index (χ0n) is 16.2. The van der Waals surface area contributed by atoms with Gasteiger partial charge in [-0.15, -0.1) is 0 Å². The number of carbonyl (C=O) groups is 3. The van der Waals surface area contributed by atoms with E-state index in [0.29, 0.717) is 12.4 Å². The second kappa shape index (κ2) is 11.5. The van der Waals surface area contributed by atoms with Gasteiger partial charge in [-0.2, -0.15) is 0 Å². The van der Waals surface area contributed by atoms with Crippen molar-refractivity contribution in [2.75, 3.05) is 6.61 Å². The standard InChI is InChI=1S/C22H30O5/c1-2-3-4-5-6-7-8-9-10-11-14-26-17-12-13-18-19(15-17)21(25)22(20(18)24)27-16-23/h12-13,15-16,22H,2-11,14H2,1H3. The highest BCUT2D eigenvalue weighted by atomic mass is 16.5. The van der Waals surface area contributed by atoms with Gasteiger partial charge in [0, 0.05) is 11.1 Å². The summed E-state index contributed by atoms with van der Waals surface area (Å²) in [6.07, 6.45) is 11.3. The molecule has 0 fully saturated rings. The van der Waals surface area contributed by atoms with Gasteiger partial charge in [-0.1, -0.05) is 64.7 Å². The molecule has 0 saturated carbocycles. The van der Waals surface area contributed by atoms with Gasteiger partial charge in [0.15, 0.2) is 0 Å². The molecule has 27 heavy (non-hydrogen) atoms. The summed E-state index contributed by atoms with van der Waals surface area (Å²) >= 11 is 0. The Morgan fingerprint density at radius 2 is 1.44 bits per heavy atom. The molecule has 1 aromatic carbocycles. The van der Waals surface area contributed by atoms with Gasteiger partial charge in [0.05, 0.1) is 6.61 Å². The van der Waals surface area contributed by atoms with Gasteiger partial charge in [0.2, 0.25) is 17.7 Å². The highest BCUT2D eigenvalue weighted by molar-refractivity contribution is 6.29. The maximum atomic E-state index is 12.1. The predicted octanol–water partition coefficient (Wildman–Crippen LogP) is 4.91. The molecule has 0 heterocycles. The van der Waals surface area contributed by atoms with Crippen LogP contribution in [0.5, 0.6) is 5.75 Å². The summed E-state index contributed by atoms with van der Waals surface area (Å²) in [5.74, 6) is -0.382. The van der Waals surface area contributed by atoms with Gasteiger partial charge in [-0.3, -0.25) is 14.4 Å². The number of unbranched alkanes of at least 4 members (excludes halogenated alkanes) is 9. The van der Waals surface area contributed by atoms with E-state index in [1.807, 2.05) is 0 Å². The fourth-order valence-corrected chi connectivity index (χ4v) is 3.39. The molecule has 0 N–H and O–H groups in total. The van der Waals surface area contributed by atoms with E-state index >= 15 is 0 Å². The first kappa shape index (κ1) is 21.1. The number of benzene rings is 1. The summed E-state index contributed by atoms with van der Waals surface area (Å²) < 4.78 is 10.3. The lowest BCUT2D eigenvalue weighted by Gasteiger charge is -2.07. The van der Waals surface area contributed by atoms with Crippen molar-refractivity contribution in [3.63, 3.8) is 0 Å². The number of Topliss-reactive ketones (excluding diaryl/α,β-unsaturated/α-hetero) is 2. The summed E-state index contributed by atoms with van der Waals surface area (Å²) in [5.41, 5.74) is 0.561. The van der Waals surface area contributed by atoms with Crippen molar-refractivity contribution < 1.29 is 23.9 Å². The lowest BCUT2D eigenvalue weighted by molar-refractivity contribution is -0.130. The molecule has 0 amide bonds. The number of rotatable bonds is 14. The Balaban J connectivity index is 1.63. The van der Waals surface area contributed by atoms with Crippen molar-refractivity contribution in [1.29, 1.82) is 0 Å². The lowest BCUT2D eigenvalue weighted by Crippen LogP contribution is -2.25. The number of fused-ring (bicyclic) bond motifs is 1. The Hall–Kier alpha value is -2.17. The molecular weight excluding hydrogens is 344 g/mol. The van der Waals surface area contributed by atoms with Crippen molar-refractivity contribution in [3.05, 3.63) is 29.3 Å². The van der Waals surface area contributed by atoms with E-state index in [1.165, 1.54) is 51.4 Å². The van der Waals surface area contributed by atoms with Crippen LogP contribution in [0.2, 0.25) is 0 Å². The van der Waals surface area contributed by atoms with E-state index in [9.17, 15) is 14.4 Å². The fourth-order valence-electron chi connectivity index (χ4n) is 3.39. The van der Waals surface area contributed by atoms with Crippen molar-refractivity contribution in [3.8, 4) is 5.75 Å². The first-order valence-electron chi connectivity index (χ1n) is 10.1. The third-order valence-electron chi connectivity index (χ3n) is 4.96. The molecule has 1 aromatic rings. The van der Waals surface area contributed by atoms with Gasteiger partial charge in [-0.05, 0) is 24.6 Å². The highest BCUT2D eigenvalue weighted by Crippen LogP contribution is 2.28. The average Bonchev–Trinajstić information content (AvgIpc) is 2.91. The minimum Gasteiger partial charge on any atom is -0.494 e. The van der Waals surface area contributed by atoms with Crippen LogP contribution in [0, 0.1) is 0 Å². The molecular formula is C22H30O5. The molecule has 1 atom stereocenters. The van der Waals surface area contributed by atoms with Crippen molar-refractivity contribution in [1.82, 2.24) is 0 Å².